The van der Waals surface area contributed by atoms with Gasteiger partial charge in [0.25, 0.3) is 0 Å². The SMILES string of the molecule is NCCOCC(=O)Nc1ccc(Cl)c(Br)c1. The van der Waals surface area contributed by atoms with Gasteiger partial charge in [-0.05, 0) is 34.1 Å². The van der Waals surface area contributed by atoms with Crippen molar-refractivity contribution in [1.29, 1.82) is 0 Å². The van der Waals surface area contributed by atoms with Crippen molar-refractivity contribution in [1.82, 2.24) is 0 Å². The summed E-state index contributed by atoms with van der Waals surface area (Å²) in [5.74, 6) is -0.220. The molecule has 0 heterocycles. The minimum absolute atomic E-state index is 0.00253. The van der Waals surface area contributed by atoms with Crippen LogP contribution in [0.1, 0.15) is 0 Å². The van der Waals surface area contributed by atoms with E-state index in [4.69, 9.17) is 22.1 Å². The molecule has 0 saturated carbocycles. The van der Waals surface area contributed by atoms with Crippen molar-refractivity contribution >= 4 is 39.1 Å². The van der Waals surface area contributed by atoms with Gasteiger partial charge in [-0.2, -0.15) is 0 Å². The Morgan fingerprint density at radius 3 is 2.94 bits per heavy atom. The molecule has 0 aromatic heterocycles. The van der Waals surface area contributed by atoms with Gasteiger partial charge >= 0.3 is 0 Å². The van der Waals surface area contributed by atoms with E-state index in [9.17, 15) is 4.79 Å². The Labute approximate surface area is 107 Å². The minimum atomic E-state index is -0.220. The first-order chi connectivity index (χ1) is 7.63. The van der Waals surface area contributed by atoms with E-state index in [-0.39, 0.29) is 12.5 Å². The summed E-state index contributed by atoms with van der Waals surface area (Å²) in [6.45, 7) is 0.773. The summed E-state index contributed by atoms with van der Waals surface area (Å²) >= 11 is 9.09. The molecule has 1 rings (SSSR count). The van der Waals surface area contributed by atoms with E-state index in [1.54, 1.807) is 18.2 Å². The number of nitrogens with two attached hydrogens (primary N) is 1. The van der Waals surface area contributed by atoms with Crippen molar-refractivity contribution in [3.8, 4) is 0 Å². The predicted molar refractivity (Wildman–Crippen MR) is 67.7 cm³/mol. The van der Waals surface area contributed by atoms with Gasteiger partial charge in [-0.3, -0.25) is 4.79 Å². The fraction of sp³-hybridized carbons (Fsp3) is 0.300. The van der Waals surface area contributed by atoms with Crippen LogP contribution in [0.4, 0.5) is 5.69 Å². The van der Waals surface area contributed by atoms with Crippen molar-refractivity contribution in [2.75, 3.05) is 25.1 Å². The number of carbonyl (C=O) groups excluding carboxylic acids is 1. The number of nitrogens with one attached hydrogen (secondary N) is 1. The van der Waals surface area contributed by atoms with Crippen LogP contribution in [0.25, 0.3) is 0 Å². The Morgan fingerprint density at radius 1 is 1.56 bits per heavy atom. The summed E-state index contributed by atoms with van der Waals surface area (Å²) in [5.41, 5.74) is 5.89. The monoisotopic (exact) mass is 306 g/mol. The molecular formula is C10H12BrClN2O2. The number of halogens is 2. The zero-order valence-corrected chi connectivity index (χ0v) is 10.8. The molecule has 1 aromatic rings. The molecule has 0 fully saturated rings. The Hall–Kier alpha value is -0.620. The van der Waals surface area contributed by atoms with Gasteiger partial charge < -0.3 is 15.8 Å². The third-order valence-corrected chi connectivity index (χ3v) is 2.91. The summed E-state index contributed by atoms with van der Waals surface area (Å²) in [5, 5.41) is 3.27. The average Bonchev–Trinajstić information content (AvgIpc) is 2.24. The first-order valence-corrected chi connectivity index (χ1v) is 5.83. The van der Waals surface area contributed by atoms with E-state index in [0.29, 0.717) is 23.9 Å². The second-order valence-corrected chi connectivity index (χ2v) is 4.28. The molecule has 88 valence electrons. The number of ether oxygens (including phenoxy) is 1. The Kier molecular flexibility index (Phi) is 5.76. The van der Waals surface area contributed by atoms with Gasteiger partial charge in [0.1, 0.15) is 6.61 Å². The average molecular weight is 308 g/mol. The number of hydrogen-bond donors (Lipinski definition) is 2. The number of rotatable bonds is 5. The molecule has 3 N–H and O–H groups in total. The lowest BCUT2D eigenvalue weighted by Crippen LogP contribution is -2.20. The highest BCUT2D eigenvalue weighted by Gasteiger charge is 2.04. The van der Waals surface area contributed by atoms with Gasteiger partial charge in [0, 0.05) is 16.7 Å². The zero-order valence-electron chi connectivity index (χ0n) is 8.50. The summed E-state index contributed by atoms with van der Waals surface area (Å²) in [6.07, 6.45) is 0. The lowest BCUT2D eigenvalue weighted by atomic mass is 10.3. The van der Waals surface area contributed by atoms with Crippen LogP contribution in [0.2, 0.25) is 5.02 Å². The van der Waals surface area contributed by atoms with Crippen molar-refractivity contribution < 1.29 is 9.53 Å². The molecule has 0 bridgehead atoms. The lowest BCUT2D eigenvalue weighted by Gasteiger charge is -2.06. The number of carbonyl (C=O) groups is 1. The van der Waals surface area contributed by atoms with Crippen LogP contribution in [-0.4, -0.2) is 25.7 Å². The Balaban J connectivity index is 2.46. The van der Waals surface area contributed by atoms with E-state index >= 15 is 0 Å². The van der Waals surface area contributed by atoms with Crippen LogP contribution >= 0.6 is 27.5 Å². The van der Waals surface area contributed by atoms with E-state index in [2.05, 4.69) is 21.2 Å². The standard InChI is InChI=1S/C10H12BrClN2O2/c11-8-5-7(1-2-9(8)12)14-10(15)6-16-4-3-13/h1-2,5H,3-4,6,13H2,(H,14,15). The third-order valence-electron chi connectivity index (χ3n) is 1.70. The molecule has 6 heteroatoms. The van der Waals surface area contributed by atoms with Crippen molar-refractivity contribution in [2.45, 2.75) is 0 Å². The zero-order chi connectivity index (χ0) is 12.0. The van der Waals surface area contributed by atoms with Gasteiger partial charge in [-0.15, -0.1) is 0 Å². The van der Waals surface area contributed by atoms with Gasteiger partial charge in [0.15, 0.2) is 0 Å². The summed E-state index contributed by atoms with van der Waals surface area (Å²) < 4.78 is 5.73. The predicted octanol–water partition coefficient (Wildman–Crippen LogP) is 2.02. The lowest BCUT2D eigenvalue weighted by molar-refractivity contribution is -0.120. The van der Waals surface area contributed by atoms with Gasteiger partial charge in [0.05, 0.1) is 11.6 Å². The van der Waals surface area contributed by atoms with E-state index < -0.39 is 0 Å². The quantitative estimate of drug-likeness (QED) is 0.818. The largest absolute Gasteiger partial charge is 0.370 e. The highest BCUT2D eigenvalue weighted by Crippen LogP contribution is 2.25. The first kappa shape index (κ1) is 13.4. The van der Waals surface area contributed by atoms with E-state index in [1.165, 1.54) is 0 Å². The molecule has 1 amide bonds. The van der Waals surface area contributed by atoms with Crippen LogP contribution in [0.3, 0.4) is 0 Å². The van der Waals surface area contributed by atoms with Crippen molar-refractivity contribution in [3.05, 3.63) is 27.7 Å². The van der Waals surface area contributed by atoms with Crippen LogP contribution in [-0.2, 0) is 9.53 Å². The van der Waals surface area contributed by atoms with E-state index in [0.717, 1.165) is 4.47 Å². The van der Waals surface area contributed by atoms with E-state index in [1.807, 2.05) is 0 Å². The highest BCUT2D eigenvalue weighted by atomic mass is 79.9. The molecular weight excluding hydrogens is 295 g/mol. The molecule has 0 radical (unpaired) electrons. The molecule has 0 spiro atoms. The topological polar surface area (TPSA) is 64.3 Å². The first-order valence-electron chi connectivity index (χ1n) is 4.66. The van der Waals surface area contributed by atoms with Crippen LogP contribution in [0.15, 0.2) is 22.7 Å². The molecule has 0 aliphatic carbocycles. The van der Waals surface area contributed by atoms with Gasteiger partial charge in [0.2, 0.25) is 5.91 Å². The number of benzene rings is 1. The second-order valence-electron chi connectivity index (χ2n) is 3.02. The molecule has 16 heavy (non-hydrogen) atoms. The number of anilines is 1. The Bertz CT molecular complexity index is 374. The maximum absolute atomic E-state index is 11.4. The van der Waals surface area contributed by atoms with Crippen LogP contribution in [0.5, 0.6) is 0 Å². The molecule has 0 atom stereocenters. The Morgan fingerprint density at radius 2 is 2.31 bits per heavy atom. The fourth-order valence-electron chi connectivity index (χ4n) is 1.02. The molecule has 4 nitrogen and oxygen atoms in total. The van der Waals surface area contributed by atoms with Crippen LogP contribution < -0.4 is 11.1 Å². The highest BCUT2D eigenvalue weighted by molar-refractivity contribution is 9.10. The summed E-state index contributed by atoms with van der Waals surface area (Å²) in [6, 6.07) is 5.14. The second kappa shape index (κ2) is 6.85. The normalized spacial score (nSPS) is 10.2. The smallest absolute Gasteiger partial charge is 0.250 e. The molecule has 0 unspecified atom stereocenters. The van der Waals surface area contributed by atoms with Crippen molar-refractivity contribution in [3.63, 3.8) is 0 Å². The number of amides is 1. The minimum Gasteiger partial charge on any atom is -0.370 e. The summed E-state index contributed by atoms with van der Waals surface area (Å²) in [7, 11) is 0. The number of hydrogen-bond acceptors (Lipinski definition) is 3. The van der Waals surface area contributed by atoms with Crippen LogP contribution in [0, 0.1) is 0 Å². The molecule has 0 saturated heterocycles. The maximum Gasteiger partial charge on any atom is 0.250 e. The maximum atomic E-state index is 11.4. The van der Waals surface area contributed by atoms with Gasteiger partial charge in [-0.25, -0.2) is 0 Å². The fourth-order valence-corrected chi connectivity index (χ4v) is 1.52. The third kappa shape index (κ3) is 4.49. The molecule has 0 aliphatic heterocycles. The van der Waals surface area contributed by atoms with Crippen molar-refractivity contribution in [2.24, 2.45) is 5.73 Å². The van der Waals surface area contributed by atoms with Gasteiger partial charge in [-0.1, -0.05) is 11.6 Å². The molecule has 0 aliphatic rings. The summed E-state index contributed by atoms with van der Waals surface area (Å²) in [4.78, 5) is 11.4. The molecule has 1 aromatic carbocycles.